The number of likely N-dealkylation sites (N-methyl/N-ethyl adjacent to an activating group) is 1. The second kappa shape index (κ2) is 21.4. The van der Waals surface area contributed by atoms with Crippen molar-refractivity contribution in [1.82, 2.24) is 39.5 Å². The molecule has 2 atom stereocenters. The van der Waals surface area contributed by atoms with E-state index in [2.05, 4.69) is 48.8 Å². The molecular formula is C54H54ClFN8O6S. The number of piperazine rings is 1. The first-order chi connectivity index (χ1) is 34.5. The van der Waals surface area contributed by atoms with Crippen molar-refractivity contribution in [2.75, 3.05) is 52.9 Å². The Morgan fingerprint density at radius 1 is 0.887 bits per heavy atom. The van der Waals surface area contributed by atoms with Crippen LogP contribution in [0.5, 0.6) is 11.6 Å². The number of amides is 1. The second-order valence-electron chi connectivity index (χ2n) is 18.4. The van der Waals surface area contributed by atoms with Crippen LogP contribution in [0.3, 0.4) is 0 Å². The molecule has 7 aromatic rings. The van der Waals surface area contributed by atoms with Gasteiger partial charge in [0.05, 0.1) is 17.1 Å². The third-order valence-electron chi connectivity index (χ3n) is 13.6. The molecule has 17 heteroatoms. The van der Waals surface area contributed by atoms with Gasteiger partial charge >= 0.3 is 12.1 Å². The number of fused-ring (bicyclic) bond motifs is 6. The van der Waals surface area contributed by atoms with E-state index >= 15 is 0 Å². The van der Waals surface area contributed by atoms with Gasteiger partial charge in [-0.25, -0.2) is 33.9 Å². The number of thiophene rings is 1. The maximum Gasteiger partial charge on any atom is 0.410 e. The summed E-state index contributed by atoms with van der Waals surface area (Å²) in [6, 6.07) is 27.3. The van der Waals surface area contributed by atoms with E-state index in [1.807, 2.05) is 55.5 Å². The standard InChI is InChI=1S/C54H54ClFN8O6S/c1-34-42-16-13-38(48(34)55)30-63(26-25-62-23-21-61(2)22-24-62)29-36-10-17-44(68-32-41-18-19-57-50(60-41)43-9-6-20-64(43)54(67)69-31-35-7-4-3-5-8-35)39(27-36)28-45(53(65)66)70-51-47-46(42)49(71-52(47)59-33-58-51)37-11-14-40(56)15-12-37/h3-5,7-8,10-19,27,33,43,45H,6,9,20-26,28-32H2,1-2H3,(H,65,66)/t43-,45+/m0/s1. The molecule has 366 valence electrons. The van der Waals surface area contributed by atoms with Gasteiger partial charge in [0.15, 0.2) is 5.82 Å². The van der Waals surface area contributed by atoms with Crippen molar-refractivity contribution in [3.05, 3.63) is 154 Å². The van der Waals surface area contributed by atoms with Crippen LogP contribution in [0, 0.1) is 12.7 Å². The number of carbonyl (C=O) groups is 2. The average molecular weight is 998 g/mol. The lowest BCUT2D eigenvalue weighted by atomic mass is 9.94. The number of benzene rings is 4. The van der Waals surface area contributed by atoms with Gasteiger partial charge in [-0.1, -0.05) is 78.3 Å². The van der Waals surface area contributed by atoms with Crippen molar-refractivity contribution < 1.29 is 33.3 Å². The lowest BCUT2D eigenvalue weighted by Gasteiger charge is -2.34. The van der Waals surface area contributed by atoms with Gasteiger partial charge in [-0.2, -0.15) is 0 Å². The monoisotopic (exact) mass is 996 g/mol. The zero-order valence-electron chi connectivity index (χ0n) is 39.6. The summed E-state index contributed by atoms with van der Waals surface area (Å²) >= 11 is 8.79. The number of carboxylic acids is 1. The smallest absolute Gasteiger partial charge is 0.410 e. The highest BCUT2D eigenvalue weighted by Crippen LogP contribution is 2.49. The summed E-state index contributed by atoms with van der Waals surface area (Å²) in [5.74, 6) is -0.490. The number of carbonyl (C=O) groups excluding carboxylic acids is 1. The van der Waals surface area contributed by atoms with Crippen LogP contribution in [0.15, 0.2) is 104 Å². The van der Waals surface area contributed by atoms with Gasteiger partial charge in [-0.3, -0.25) is 14.7 Å². The van der Waals surface area contributed by atoms with Crippen LogP contribution in [0.4, 0.5) is 9.18 Å². The molecule has 4 bridgehead atoms. The van der Waals surface area contributed by atoms with Crippen molar-refractivity contribution in [1.29, 1.82) is 0 Å². The van der Waals surface area contributed by atoms with Gasteiger partial charge in [0.2, 0.25) is 12.0 Å². The zero-order valence-corrected chi connectivity index (χ0v) is 41.2. The number of aromatic nitrogens is 4. The Bertz CT molecular complexity index is 3050. The number of hydrogen-bond acceptors (Lipinski definition) is 13. The molecule has 0 unspecified atom stereocenters. The van der Waals surface area contributed by atoms with Crippen LogP contribution in [0.25, 0.3) is 31.8 Å². The summed E-state index contributed by atoms with van der Waals surface area (Å²) in [5, 5.41) is 12.1. The number of nitrogens with zero attached hydrogens (tertiary/aromatic N) is 8. The molecule has 1 amide bonds. The van der Waals surface area contributed by atoms with Crippen molar-refractivity contribution in [2.45, 2.75) is 64.6 Å². The molecule has 4 aliphatic heterocycles. The van der Waals surface area contributed by atoms with Gasteiger partial charge < -0.3 is 24.2 Å². The summed E-state index contributed by atoms with van der Waals surface area (Å²) in [7, 11) is 2.15. The fraction of sp³-hybridized carbons (Fsp3) is 0.333. The van der Waals surface area contributed by atoms with Gasteiger partial charge in [0.1, 0.15) is 35.9 Å². The van der Waals surface area contributed by atoms with Crippen molar-refractivity contribution in [3.63, 3.8) is 0 Å². The first-order valence-corrected chi connectivity index (χ1v) is 25.1. The highest BCUT2D eigenvalue weighted by Gasteiger charge is 2.34. The molecule has 2 saturated heterocycles. The van der Waals surface area contributed by atoms with Crippen molar-refractivity contribution in [3.8, 4) is 33.2 Å². The molecule has 71 heavy (non-hydrogen) atoms. The Kier molecular flexibility index (Phi) is 14.5. The van der Waals surface area contributed by atoms with E-state index in [9.17, 15) is 19.1 Å². The van der Waals surface area contributed by atoms with E-state index in [0.29, 0.717) is 64.1 Å². The Morgan fingerprint density at radius 3 is 2.49 bits per heavy atom. The van der Waals surface area contributed by atoms with Crippen molar-refractivity contribution >= 4 is 45.2 Å². The van der Waals surface area contributed by atoms with E-state index in [4.69, 9.17) is 30.8 Å². The molecule has 11 rings (SSSR count). The molecule has 0 saturated carbocycles. The van der Waals surface area contributed by atoms with E-state index < -0.39 is 18.2 Å². The summed E-state index contributed by atoms with van der Waals surface area (Å²) < 4.78 is 33.1. The van der Waals surface area contributed by atoms with Gasteiger partial charge in [0, 0.05) is 87.0 Å². The maximum absolute atomic E-state index is 14.3. The van der Waals surface area contributed by atoms with Crippen LogP contribution in [0.2, 0.25) is 5.02 Å². The van der Waals surface area contributed by atoms with E-state index in [1.165, 1.54) is 29.8 Å². The van der Waals surface area contributed by atoms with Crippen LogP contribution in [-0.4, -0.2) is 116 Å². The summed E-state index contributed by atoms with van der Waals surface area (Å²) in [5.41, 5.74) is 7.17. The number of halogens is 2. The van der Waals surface area contributed by atoms with Crippen LogP contribution >= 0.6 is 22.9 Å². The predicted octanol–water partition coefficient (Wildman–Crippen LogP) is 9.61. The molecule has 1 N–H and O–H groups in total. The topological polar surface area (TPSA) is 147 Å². The largest absolute Gasteiger partial charge is 0.487 e. The molecule has 0 radical (unpaired) electrons. The molecule has 0 aliphatic carbocycles. The first kappa shape index (κ1) is 48.1. The Morgan fingerprint density at radius 2 is 1.69 bits per heavy atom. The molecule has 7 heterocycles. The number of hydrogen-bond donors (Lipinski definition) is 1. The molecule has 0 spiro atoms. The lowest BCUT2D eigenvalue weighted by molar-refractivity contribution is -0.145. The fourth-order valence-corrected chi connectivity index (χ4v) is 11.0. The Balaban J connectivity index is 0.991. The highest BCUT2D eigenvalue weighted by molar-refractivity contribution is 7.22. The minimum atomic E-state index is -1.40. The highest BCUT2D eigenvalue weighted by atomic mass is 35.5. The third-order valence-corrected chi connectivity index (χ3v) is 15.3. The Hall–Kier alpha value is -6.56. The lowest BCUT2D eigenvalue weighted by Crippen LogP contribution is -2.46. The SMILES string of the molecule is Cc1c2ccc(c1Cl)CN(CCN1CCN(C)CC1)Cc1ccc(OCc3ccnc([C@@H]4CCCN4C(=O)OCc4ccccc4)n3)c(c1)C[C@H](C(=O)O)Oc1ncnc3sc(-c4ccc(F)cc4)c-2c13. The predicted molar refractivity (Wildman–Crippen MR) is 270 cm³/mol. The first-order valence-electron chi connectivity index (χ1n) is 23.9. The second-order valence-corrected chi connectivity index (χ2v) is 19.8. The minimum Gasteiger partial charge on any atom is -0.487 e. The van der Waals surface area contributed by atoms with Crippen LogP contribution < -0.4 is 9.47 Å². The molecule has 14 nitrogen and oxygen atoms in total. The van der Waals surface area contributed by atoms with Gasteiger partial charge in [-0.05, 0) is 90.0 Å². The summed E-state index contributed by atoms with van der Waals surface area (Å²) in [6.07, 6.45) is 2.63. The summed E-state index contributed by atoms with van der Waals surface area (Å²) in [6.45, 7) is 9.45. The van der Waals surface area contributed by atoms with Gasteiger partial charge in [0.25, 0.3) is 0 Å². The van der Waals surface area contributed by atoms with E-state index in [-0.39, 0.29) is 37.4 Å². The summed E-state index contributed by atoms with van der Waals surface area (Å²) in [4.78, 5) is 55.6. The van der Waals surface area contributed by atoms with Crippen LogP contribution in [-0.2, 0) is 42.3 Å². The number of rotatable bonds is 11. The number of ether oxygens (including phenoxy) is 3. The fourth-order valence-electron chi connectivity index (χ4n) is 9.67. The maximum atomic E-state index is 14.3. The molecule has 2 fully saturated rings. The number of likely N-dealkylation sites (tertiary alicyclic amines) is 1. The van der Waals surface area contributed by atoms with E-state index in [1.54, 1.807) is 29.3 Å². The normalized spacial score (nSPS) is 17.9. The molecular weight excluding hydrogens is 943 g/mol. The van der Waals surface area contributed by atoms with Crippen LogP contribution in [0.1, 0.15) is 58.2 Å². The van der Waals surface area contributed by atoms with Gasteiger partial charge in [-0.15, -0.1) is 11.3 Å². The number of aliphatic carboxylic acids is 1. The van der Waals surface area contributed by atoms with Crippen molar-refractivity contribution in [2.24, 2.45) is 0 Å². The minimum absolute atomic E-state index is 0.0488. The molecule has 4 aromatic carbocycles. The van der Waals surface area contributed by atoms with E-state index in [0.717, 1.165) is 89.5 Å². The molecule has 3 aromatic heterocycles. The Labute approximate surface area is 420 Å². The molecule has 4 aliphatic rings. The zero-order chi connectivity index (χ0) is 49.0. The number of carboxylic acid groups (broad SMARTS) is 1. The third kappa shape index (κ3) is 10.9. The average Bonchev–Trinajstić information content (AvgIpc) is 4.04. The quantitative estimate of drug-likeness (QED) is 0.131.